The fourth-order valence-electron chi connectivity index (χ4n) is 1.64. The molecular formula is C9H11F3N2OS. The molecule has 7 heteroatoms. The van der Waals surface area contributed by atoms with Crippen LogP contribution in [0.3, 0.4) is 0 Å². The van der Waals surface area contributed by atoms with Gasteiger partial charge in [-0.2, -0.15) is 13.2 Å². The summed E-state index contributed by atoms with van der Waals surface area (Å²) in [6.07, 6.45) is -3.12. The van der Waals surface area contributed by atoms with Gasteiger partial charge in [-0.05, 0) is 12.8 Å². The third-order valence-electron chi connectivity index (χ3n) is 2.37. The Balaban J connectivity index is 2.31. The molecule has 0 aromatic carbocycles. The van der Waals surface area contributed by atoms with E-state index in [9.17, 15) is 13.2 Å². The van der Waals surface area contributed by atoms with Crippen LogP contribution in [0.5, 0.6) is 0 Å². The number of thiazole rings is 1. The first kappa shape index (κ1) is 11.8. The van der Waals surface area contributed by atoms with Gasteiger partial charge in [0.05, 0.1) is 4.88 Å². The van der Waals surface area contributed by atoms with E-state index < -0.39 is 11.9 Å². The SMILES string of the molecule is NCc1sc(C2CCCO2)nc1C(F)(F)F. The number of hydrogen-bond donors (Lipinski definition) is 1. The zero-order chi connectivity index (χ0) is 11.8. The molecule has 0 aliphatic carbocycles. The molecule has 2 N–H and O–H groups in total. The Hall–Kier alpha value is -0.660. The Morgan fingerprint density at radius 3 is 2.69 bits per heavy atom. The van der Waals surface area contributed by atoms with E-state index in [0.717, 1.165) is 24.2 Å². The molecule has 1 fully saturated rings. The van der Waals surface area contributed by atoms with Crippen molar-refractivity contribution < 1.29 is 17.9 Å². The van der Waals surface area contributed by atoms with Crippen LogP contribution in [0, 0.1) is 0 Å². The molecule has 0 spiro atoms. The minimum atomic E-state index is -4.43. The van der Waals surface area contributed by atoms with E-state index in [1.54, 1.807) is 0 Å². The van der Waals surface area contributed by atoms with Crippen molar-refractivity contribution in [2.75, 3.05) is 6.61 Å². The van der Waals surface area contributed by atoms with Crippen LogP contribution in [-0.2, 0) is 17.5 Å². The van der Waals surface area contributed by atoms with Crippen molar-refractivity contribution in [3.63, 3.8) is 0 Å². The summed E-state index contributed by atoms with van der Waals surface area (Å²) >= 11 is 1.00. The van der Waals surface area contributed by atoms with Gasteiger partial charge in [0.25, 0.3) is 0 Å². The van der Waals surface area contributed by atoms with Crippen LogP contribution in [-0.4, -0.2) is 11.6 Å². The zero-order valence-electron chi connectivity index (χ0n) is 8.38. The normalized spacial score (nSPS) is 21.6. The minimum absolute atomic E-state index is 0.0815. The lowest BCUT2D eigenvalue weighted by atomic mass is 10.2. The molecule has 1 aromatic rings. The lowest BCUT2D eigenvalue weighted by molar-refractivity contribution is -0.141. The van der Waals surface area contributed by atoms with E-state index >= 15 is 0 Å². The minimum Gasteiger partial charge on any atom is -0.371 e. The highest BCUT2D eigenvalue weighted by Crippen LogP contribution is 2.38. The van der Waals surface area contributed by atoms with Crippen LogP contribution in [0.4, 0.5) is 13.2 Å². The summed E-state index contributed by atoms with van der Waals surface area (Å²) in [4.78, 5) is 3.70. The van der Waals surface area contributed by atoms with Crippen molar-refractivity contribution in [2.24, 2.45) is 5.73 Å². The van der Waals surface area contributed by atoms with Gasteiger partial charge in [-0.15, -0.1) is 11.3 Å². The Labute approximate surface area is 94.4 Å². The van der Waals surface area contributed by atoms with Gasteiger partial charge in [0.1, 0.15) is 11.1 Å². The van der Waals surface area contributed by atoms with Crippen LogP contribution in [0.2, 0.25) is 0 Å². The molecule has 0 amide bonds. The molecule has 0 saturated carbocycles. The fraction of sp³-hybridized carbons (Fsp3) is 0.667. The standard InChI is InChI=1S/C9H11F3N2OS/c10-9(11,12)7-6(4-13)16-8(14-7)5-2-1-3-15-5/h5H,1-4,13H2. The van der Waals surface area contributed by atoms with E-state index in [0.29, 0.717) is 11.6 Å². The van der Waals surface area contributed by atoms with E-state index in [-0.39, 0.29) is 17.5 Å². The summed E-state index contributed by atoms with van der Waals surface area (Å²) in [5.41, 5.74) is 4.43. The van der Waals surface area contributed by atoms with Gasteiger partial charge in [-0.1, -0.05) is 0 Å². The average molecular weight is 252 g/mol. The highest BCUT2D eigenvalue weighted by atomic mass is 32.1. The Morgan fingerprint density at radius 1 is 1.50 bits per heavy atom. The van der Waals surface area contributed by atoms with Gasteiger partial charge in [-0.3, -0.25) is 0 Å². The molecule has 2 heterocycles. The van der Waals surface area contributed by atoms with Crippen molar-refractivity contribution in [1.29, 1.82) is 0 Å². The fourth-order valence-corrected chi connectivity index (χ4v) is 2.69. The van der Waals surface area contributed by atoms with Gasteiger partial charge in [0.15, 0.2) is 5.69 Å². The molecule has 1 aromatic heterocycles. The number of ether oxygens (including phenoxy) is 1. The van der Waals surface area contributed by atoms with Crippen LogP contribution < -0.4 is 5.73 Å². The van der Waals surface area contributed by atoms with Gasteiger partial charge in [0.2, 0.25) is 0 Å². The zero-order valence-corrected chi connectivity index (χ0v) is 9.20. The Morgan fingerprint density at radius 2 is 2.25 bits per heavy atom. The van der Waals surface area contributed by atoms with Gasteiger partial charge in [-0.25, -0.2) is 4.98 Å². The second-order valence-corrected chi connectivity index (χ2v) is 4.64. The van der Waals surface area contributed by atoms with Crippen LogP contribution in [0.1, 0.15) is 34.5 Å². The van der Waals surface area contributed by atoms with Crippen LogP contribution in [0.25, 0.3) is 0 Å². The number of halogens is 3. The second kappa shape index (κ2) is 4.31. The summed E-state index contributed by atoms with van der Waals surface area (Å²) in [6.45, 7) is 0.447. The molecule has 2 rings (SSSR count). The molecule has 3 nitrogen and oxygen atoms in total. The van der Waals surface area contributed by atoms with Crippen molar-refractivity contribution in [2.45, 2.75) is 31.7 Å². The topological polar surface area (TPSA) is 48.1 Å². The first-order chi connectivity index (χ1) is 7.52. The average Bonchev–Trinajstić information content (AvgIpc) is 2.85. The number of rotatable bonds is 2. The maximum atomic E-state index is 12.6. The van der Waals surface area contributed by atoms with E-state index in [2.05, 4.69) is 4.98 Å². The molecule has 1 aliphatic rings. The van der Waals surface area contributed by atoms with Crippen molar-refractivity contribution in [1.82, 2.24) is 4.98 Å². The first-order valence-electron chi connectivity index (χ1n) is 4.91. The predicted octanol–water partition coefficient (Wildman–Crippen LogP) is 2.47. The third-order valence-corrected chi connectivity index (χ3v) is 3.54. The smallest absolute Gasteiger partial charge is 0.371 e. The molecule has 1 atom stereocenters. The summed E-state index contributed by atoms with van der Waals surface area (Å²) < 4.78 is 43.1. The summed E-state index contributed by atoms with van der Waals surface area (Å²) in [7, 11) is 0. The predicted molar refractivity (Wildman–Crippen MR) is 52.9 cm³/mol. The maximum absolute atomic E-state index is 12.6. The van der Waals surface area contributed by atoms with Gasteiger partial charge in [0, 0.05) is 13.2 Å². The molecule has 1 saturated heterocycles. The maximum Gasteiger partial charge on any atom is 0.434 e. The van der Waals surface area contributed by atoms with Crippen LogP contribution in [0.15, 0.2) is 0 Å². The molecule has 0 bridgehead atoms. The quantitative estimate of drug-likeness (QED) is 0.879. The Bertz CT molecular complexity index is 371. The summed E-state index contributed by atoms with van der Waals surface area (Å²) in [5, 5.41) is 0.394. The number of nitrogens with zero attached hydrogens (tertiary/aromatic N) is 1. The lowest BCUT2D eigenvalue weighted by Gasteiger charge is -2.05. The van der Waals surface area contributed by atoms with Gasteiger partial charge >= 0.3 is 6.18 Å². The second-order valence-electron chi connectivity index (χ2n) is 3.53. The Kier molecular flexibility index (Phi) is 3.18. The summed E-state index contributed by atoms with van der Waals surface area (Å²) in [5.74, 6) is 0. The monoisotopic (exact) mass is 252 g/mol. The lowest BCUT2D eigenvalue weighted by Crippen LogP contribution is -2.11. The highest BCUT2D eigenvalue weighted by molar-refractivity contribution is 7.11. The molecule has 90 valence electrons. The third kappa shape index (κ3) is 2.21. The van der Waals surface area contributed by atoms with Crippen molar-refractivity contribution >= 4 is 11.3 Å². The van der Waals surface area contributed by atoms with E-state index in [1.807, 2.05) is 0 Å². The van der Waals surface area contributed by atoms with Gasteiger partial charge < -0.3 is 10.5 Å². The molecule has 16 heavy (non-hydrogen) atoms. The van der Waals surface area contributed by atoms with Crippen molar-refractivity contribution in [3.05, 3.63) is 15.6 Å². The van der Waals surface area contributed by atoms with Crippen LogP contribution >= 0.6 is 11.3 Å². The summed E-state index contributed by atoms with van der Waals surface area (Å²) in [6, 6.07) is 0. The molecular weight excluding hydrogens is 241 g/mol. The largest absolute Gasteiger partial charge is 0.434 e. The number of aromatic nitrogens is 1. The first-order valence-corrected chi connectivity index (χ1v) is 5.72. The van der Waals surface area contributed by atoms with E-state index in [1.165, 1.54) is 0 Å². The highest BCUT2D eigenvalue weighted by Gasteiger charge is 2.38. The number of hydrogen-bond acceptors (Lipinski definition) is 4. The molecule has 1 unspecified atom stereocenters. The molecule has 1 aliphatic heterocycles. The number of alkyl halides is 3. The molecule has 0 radical (unpaired) electrons. The van der Waals surface area contributed by atoms with E-state index in [4.69, 9.17) is 10.5 Å². The van der Waals surface area contributed by atoms with Crippen molar-refractivity contribution in [3.8, 4) is 0 Å². The number of nitrogens with two attached hydrogens (primary N) is 1.